The van der Waals surface area contributed by atoms with Crippen molar-refractivity contribution in [1.29, 1.82) is 5.26 Å². The van der Waals surface area contributed by atoms with Crippen LogP contribution in [0.15, 0.2) is 41.2 Å². The molecule has 4 rings (SSSR count). The van der Waals surface area contributed by atoms with Gasteiger partial charge in [0.25, 0.3) is 5.56 Å². The van der Waals surface area contributed by atoms with E-state index < -0.39 is 45.9 Å². The maximum Gasteiger partial charge on any atom is 0.416 e. The van der Waals surface area contributed by atoms with Crippen molar-refractivity contribution < 1.29 is 30.7 Å². The van der Waals surface area contributed by atoms with E-state index in [0.29, 0.717) is 16.7 Å². The molecule has 9 nitrogen and oxygen atoms in total. The number of nitrogens with one attached hydrogen (secondary N) is 1. The molecule has 2 aromatic heterocycles. The van der Waals surface area contributed by atoms with Gasteiger partial charge in [-0.1, -0.05) is 6.07 Å². The van der Waals surface area contributed by atoms with Crippen molar-refractivity contribution in [3.63, 3.8) is 0 Å². The van der Waals surface area contributed by atoms with Crippen LogP contribution < -0.4 is 22.3 Å². The van der Waals surface area contributed by atoms with Crippen molar-refractivity contribution in [2.45, 2.75) is 18.8 Å². The largest absolute Gasteiger partial charge is 0.416 e. The maximum atomic E-state index is 14.5. The molecule has 202 valence electrons. The molecule has 16 heteroatoms. The molecule has 0 amide bonds. The number of anilines is 3. The number of nitrogens with zero attached hydrogens (tertiary/aromatic N) is 5. The number of rotatable bonds is 5. The first-order valence-electron chi connectivity index (χ1n) is 10.8. The minimum atomic E-state index is -5.20. The molecule has 0 aliphatic carbocycles. The summed E-state index contributed by atoms with van der Waals surface area (Å²) in [5.74, 6) is -2.02. The molecule has 0 aliphatic rings. The van der Waals surface area contributed by atoms with E-state index in [2.05, 4.69) is 20.3 Å². The van der Waals surface area contributed by atoms with Crippen LogP contribution in [0.1, 0.15) is 22.5 Å². The van der Waals surface area contributed by atoms with Gasteiger partial charge in [-0.05, 0) is 30.3 Å². The summed E-state index contributed by atoms with van der Waals surface area (Å²) in [5, 5.41) is 11.4. The molecule has 0 bridgehead atoms. The molecule has 0 atom stereocenters. The molecule has 2 heterocycles. The highest BCUT2D eigenvalue weighted by Crippen LogP contribution is 2.37. The summed E-state index contributed by atoms with van der Waals surface area (Å²) in [5.41, 5.74) is 5.40. The molecule has 0 saturated heterocycles. The number of fused-ring (bicyclic) bond motifs is 1. The van der Waals surface area contributed by atoms with Gasteiger partial charge < -0.3 is 16.8 Å². The predicted molar refractivity (Wildman–Crippen MR) is 125 cm³/mol. The number of alkyl halides is 6. The van der Waals surface area contributed by atoms with Gasteiger partial charge >= 0.3 is 12.4 Å². The Balaban J connectivity index is 1.89. The molecule has 2 aromatic carbocycles. The molecule has 0 fully saturated rings. The molecule has 0 spiro atoms. The summed E-state index contributed by atoms with van der Waals surface area (Å²) in [6.07, 6.45) is -10.7. The van der Waals surface area contributed by atoms with E-state index >= 15 is 0 Å². The number of benzene rings is 2. The highest BCUT2D eigenvalue weighted by Gasteiger charge is 2.37. The lowest BCUT2D eigenvalue weighted by atomic mass is 10.1. The summed E-state index contributed by atoms with van der Waals surface area (Å²) in [4.78, 5) is 24.9. The molecule has 0 radical (unpaired) electrons. The normalized spacial score (nSPS) is 11.9. The summed E-state index contributed by atoms with van der Waals surface area (Å²) in [6.45, 7) is -0.205. The van der Waals surface area contributed by atoms with E-state index in [1.165, 1.54) is 12.1 Å². The standard InChI is InChI=1S/C23H15F7N8O/c24-14-2-1-3-15-17(14)20(39)38(12-7-10(22(25,26)27)6-11(8-12)23(28,29)30)16(35-15)4-5-34-19-13(9-31)18(32)36-21(33)37-19/h1-3,6-8H,4-5H2,(H5,32,33,34,36,37). The topological polar surface area (TPSA) is 149 Å². The van der Waals surface area contributed by atoms with Gasteiger partial charge in [0.1, 0.15) is 34.5 Å². The van der Waals surface area contributed by atoms with E-state index in [1.54, 1.807) is 6.07 Å². The molecule has 5 N–H and O–H groups in total. The van der Waals surface area contributed by atoms with Gasteiger partial charge in [-0.3, -0.25) is 9.36 Å². The smallest absolute Gasteiger partial charge is 0.382 e. The van der Waals surface area contributed by atoms with E-state index in [4.69, 9.17) is 11.5 Å². The summed E-state index contributed by atoms with van der Waals surface area (Å²) in [7, 11) is 0. The monoisotopic (exact) mass is 552 g/mol. The van der Waals surface area contributed by atoms with Crippen LogP contribution in [0.5, 0.6) is 0 Å². The summed E-state index contributed by atoms with van der Waals surface area (Å²) >= 11 is 0. The average molecular weight is 552 g/mol. The zero-order valence-electron chi connectivity index (χ0n) is 19.3. The Morgan fingerprint density at radius 1 is 0.974 bits per heavy atom. The Bertz CT molecular complexity index is 1660. The molecule has 4 aromatic rings. The van der Waals surface area contributed by atoms with Crippen LogP contribution in [-0.2, 0) is 18.8 Å². The maximum absolute atomic E-state index is 14.5. The van der Waals surface area contributed by atoms with E-state index in [0.717, 1.165) is 6.07 Å². The molecular formula is C23H15F7N8O. The van der Waals surface area contributed by atoms with Gasteiger partial charge in [-0.25, -0.2) is 9.37 Å². The predicted octanol–water partition coefficient (Wildman–Crippen LogP) is 4.04. The van der Waals surface area contributed by atoms with Gasteiger partial charge in [-0.15, -0.1) is 0 Å². The van der Waals surface area contributed by atoms with Crippen LogP contribution in [-0.4, -0.2) is 26.1 Å². The van der Waals surface area contributed by atoms with Crippen molar-refractivity contribution in [2.75, 3.05) is 23.3 Å². The Morgan fingerprint density at radius 3 is 2.21 bits per heavy atom. The summed E-state index contributed by atoms with van der Waals surface area (Å²) in [6, 6.07) is 5.72. The number of hydrogen-bond acceptors (Lipinski definition) is 8. The third-order valence-corrected chi connectivity index (χ3v) is 5.45. The third kappa shape index (κ3) is 5.37. The van der Waals surface area contributed by atoms with Gasteiger partial charge in [-0.2, -0.15) is 41.6 Å². The van der Waals surface area contributed by atoms with Crippen molar-refractivity contribution in [3.8, 4) is 11.8 Å². The molecule has 0 aliphatic heterocycles. The fraction of sp³-hybridized carbons (Fsp3) is 0.174. The van der Waals surface area contributed by atoms with Crippen molar-refractivity contribution in [3.05, 3.63) is 75.1 Å². The van der Waals surface area contributed by atoms with Crippen LogP contribution >= 0.6 is 0 Å². The Morgan fingerprint density at radius 2 is 1.62 bits per heavy atom. The number of aromatic nitrogens is 4. The van der Waals surface area contributed by atoms with Crippen molar-refractivity contribution in [1.82, 2.24) is 19.5 Å². The molecular weight excluding hydrogens is 537 g/mol. The minimum Gasteiger partial charge on any atom is -0.382 e. The first kappa shape index (κ1) is 27.1. The number of hydrogen-bond donors (Lipinski definition) is 3. The highest BCUT2D eigenvalue weighted by atomic mass is 19.4. The number of nitriles is 1. The van der Waals surface area contributed by atoms with Crippen LogP contribution in [0.2, 0.25) is 0 Å². The van der Waals surface area contributed by atoms with Gasteiger partial charge in [0, 0.05) is 13.0 Å². The van der Waals surface area contributed by atoms with Crippen LogP contribution in [0.4, 0.5) is 48.3 Å². The van der Waals surface area contributed by atoms with E-state index in [-0.39, 0.29) is 53.5 Å². The van der Waals surface area contributed by atoms with Crippen molar-refractivity contribution >= 4 is 28.5 Å². The SMILES string of the molecule is N#Cc1c(N)nc(N)nc1NCCc1nc2cccc(F)c2c(=O)n1-c1cc(C(F)(F)F)cc(C(F)(F)F)c1. The molecule has 0 unspecified atom stereocenters. The molecule has 39 heavy (non-hydrogen) atoms. The fourth-order valence-corrected chi connectivity index (χ4v) is 3.76. The Kier molecular flexibility index (Phi) is 6.77. The number of nitrogen functional groups attached to an aromatic ring is 2. The third-order valence-electron chi connectivity index (χ3n) is 5.45. The lowest BCUT2D eigenvalue weighted by Crippen LogP contribution is -2.27. The Hall–Kier alpha value is -4.94. The second kappa shape index (κ2) is 9.74. The second-order valence-electron chi connectivity index (χ2n) is 8.05. The number of halogens is 7. The molecule has 0 saturated carbocycles. The van der Waals surface area contributed by atoms with Gasteiger partial charge in [0.15, 0.2) is 5.82 Å². The van der Waals surface area contributed by atoms with Gasteiger partial charge in [0.05, 0.1) is 22.3 Å². The minimum absolute atomic E-state index is 0.0990. The highest BCUT2D eigenvalue weighted by molar-refractivity contribution is 5.78. The number of nitrogens with two attached hydrogens (primary N) is 2. The lowest BCUT2D eigenvalue weighted by Gasteiger charge is -2.18. The van der Waals surface area contributed by atoms with Crippen LogP contribution in [0, 0.1) is 17.1 Å². The van der Waals surface area contributed by atoms with E-state index in [1.807, 2.05) is 0 Å². The summed E-state index contributed by atoms with van der Waals surface area (Å²) < 4.78 is 96.0. The fourth-order valence-electron chi connectivity index (χ4n) is 3.76. The lowest BCUT2D eigenvalue weighted by molar-refractivity contribution is -0.143. The van der Waals surface area contributed by atoms with Gasteiger partial charge in [0.2, 0.25) is 5.95 Å². The van der Waals surface area contributed by atoms with Crippen molar-refractivity contribution in [2.24, 2.45) is 0 Å². The first-order valence-corrected chi connectivity index (χ1v) is 10.8. The first-order chi connectivity index (χ1) is 18.2. The van der Waals surface area contributed by atoms with Crippen LogP contribution in [0.25, 0.3) is 16.6 Å². The second-order valence-corrected chi connectivity index (χ2v) is 8.05. The quantitative estimate of drug-likeness (QED) is 0.314. The Labute approximate surface area is 213 Å². The van der Waals surface area contributed by atoms with E-state index in [9.17, 15) is 40.8 Å². The zero-order chi connectivity index (χ0) is 28.7. The van der Waals surface area contributed by atoms with Crippen LogP contribution in [0.3, 0.4) is 0 Å². The average Bonchev–Trinajstić information content (AvgIpc) is 2.82. The zero-order valence-corrected chi connectivity index (χ0v) is 19.3.